The number of aromatic nitrogens is 2. The summed E-state index contributed by atoms with van der Waals surface area (Å²) in [4.78, 5) is 23.3. The molecule has 0 radical (unpaired) electrons. The number of nitrogens with one attached hydrogen (secondary N) is 2. The van der Waals surface area contributed by atoms with Crippen molar-refractivity contribution in [3.05, 3.63) is 82.9 Å². The van der Waals surface area contributed by atoms with Crippen molar-refractivity contribution in [1.82, 2.24) is 20.2 Å². The van der Waals surface area contributed by atoms with Gasteiger partial charge in [-0.15, -0.1) is 0 Å². The van der Waals surface area contributed by atoms with Gasteiger partial charge in [0.05, 0.1) is 29.2 Å². The van der Waals surface area contributed by atoms with Crippen molar-refractivity contribution in [2.24, 2.45) is 0 Å². The molecular weight excluding hydrogens is 512 g/mol. The number of halogens is 6. The molecule has 1 fully saturated rings. The second-order valence-electron chi connectivity index (χ2n) is 9.22. The Morgan fingerprint density at radius 1 is 1.05 bits per heavy atom. The van der Waals surface area contributed by atoms with Crippen LogP contribution in [0.3, 0.4) is 0 Å². The molecule has 0 bridgehead atoms. The van der Waals surface area contributed by atoms with Crippen molar-refractivity contribution in [2.45, 2.75) is 44.2 Å². The predicted octanol–water partition coefficient (Wildman–Crippen LogP) is 6.16. The zero-order valence-electron chi connectivity index (χ0n) is 20.7. The molecule has 1 aliphatic heterocycles. The van der Waals surface area contributed by atoms with Crippen LogP contribution >= 0.6 is 0 Å². The molecule has 4 rings (SSSR count). The SMILES string of the molecule is CNC(=O)N(c1ccc(C(F)(F)F)cc1)C1CCN(C(c2ccc(C)c(C(F)(F)F)c2)c2cnc[nH]2)CC1. The number of imidazole rings is 1. The van der Waals surface area contributed by atoms with Gasteiger partial charge in [0.1, 0.15) is 0 Å². The van der Waals surface area contributed by atoms with Crippen LogP contribution in [0.5, 0.6) is 0 Å². The second kappa shape index (κ2) is 10.7. The highest BCUT2D eigenvalue weighted by atomic mass is 19.4. The van der Waals surface area contributed by atoms with Gasteiger partial charge in [-0.1, -0.05) is 12.1 Å². The van der Waals surface area contributed by atoms with E-state index < -0.39 is 35.6 Å². The van der Waals surface area contributed by atoms with E-state index in [1.165, 1.54) is 43.4 Å². The number of H-pyrrole nitrogens is 1. The van der Waals surface area contributed by atoms with Crippen molar-refractivity contribution < 1.29 is 31.1 Å². The fourth-order valence-electron chi connectivity index (χ4n) is 4.95. The Morgan fingerprint density at radius 2 is 1.71 bits per heavy atom. The Morgan fingerprint density at radius 3 is 2.24 bits per heavy atom. The van der Waals surface area contributed by atoms with Crippen molar-refractivity contribution in [3.8, 4) is 0 Å². The van der Waals surface area contributed by atoms with Crippen molar-refractivity contribution in [1.29, 1.82) is 0 Å². The third kappa shape index (κ3) is 5.79. The Kier molecular flexibility index (Phi) is 7.73. The predicted molar refractivity (Wildman–Crippen MR) is 130 cm³/mol. The zero-order chi connectivity index (χ0) is 27.7. The summed E-state index contributed by atoms with van der Waals surface area (Å²) in [5.41, 5.74) is 0.0207. The molecule has 1 saturated heterocycles. The molecule has 204 valence electrons. The molecule has 0 aliphatic carbocycles. The highest BCUT2D eigenvalue weighted by Gasteiger charge is 2.37. The Labute approximate surface area is 215 Å². The number of carbonyl (C=O) groups is 1. The minimum absolute atomic E-state index is 0.126. The number of aryl methyl sites for hydroxylation is 1. The summed E-state index contributed by atoms with van der Waals surface area (Å²) in [5, 5.41) is 2.54. The standard InChI is InChI=1S/C26H27F6N5O/c1-16-3-4-17(13-21(16)26(30,31)32)23(22-14-34-15-35-22)36-11-9-20(10-12-36)37(24(38)33-2)19-7-5-18(6-8-19)25(27,28)29/h3-8,13-15,20,23H,9-12H2,1-2H3,(H,33,38)(H,34,35). The molecule has 2 N–H and O–H groups in total. The number of hydrogen-bond donors (Lipinski definition) is 2. The van der Waals surface area contributed by atoms with Gasteiger partial charge in [0.25, 0.3) is 0 Å². The van der Waals surface area contributed by atoms with Gasteiger partial charge in [0, 0.05) is 38.1 Å². The molecule has 0 saturated carbocycles. The van der Waals surface area contributed by atoms with Crippen LogP contribution in [0.4, 0.5) is 36.8 Å². The number of amides is 2. The number of nitrogens with zero attached hydrogens (tertiary/aromatic N) is 3. The molecule has 38 heavy (non-hydrogen) atoms. The summed E-state index contributed by atoms with van der Waals surface area (Å²) in [6.07, 6.45) is -5.05. The molecule has 0 spiro atoms. The number of urea groups is 1. The summed E-state index contributed by atoms with van der Waals surface area (Å²) < 4.78 is 80.0. The molecule has 2 heterocycles. The number of likely N-dealkylation sites (tertiary alicyclic amines) is 1. The number of piperidine rings is 1. The first kappa shape index (κ1) is 27.5. The van der Waals surface area contributed by atoms with E-state index >= 15 is 0 Å². The largest absolute Gasteiger partial charge is 0.416 e. The van der Waals surface area contributed by atoms with Gasteiger partial charge >= 0.3 is 18.4 Å². The molecular formula is C26H27F6N5O. The summed E-state index contributed by atoms with van der Waals surface area (Å²) >= 11 is 0. The molecule has 1 aromatic heterocycles. The molecule has 3 aromatic rings. The van der Waals surface area contributed by atoms with E-state index in [1.807, 2.05) is 4.90 Å². The van der Waals surface area contributed by atoms with Gasteiger partial charge in [0.15, 0.2) is 0 Å². The minimum atomic E-state index is -4.50. The Bertz CT molecular complexity index is 1230. The summed E-state index contributed by atoms with van der Waals surface area (Å²) in [6.45, 7) is 2.27. The van der Waals surface area contributed by atoms with Crippen molar-refractivity contribution >= 4 is 11.7 Å². The summed E-state index contributed by atoms with van der Waals surface area (Å²) in [6, 6.07) is 7.37. The van der Waals surface area contributed by atoms with Crippen LogP contribution in [0.1, 0.15) is 46.8 Å². The van der Waals surface area contributed by atoms with Crippen LogP contribution in [-0.4, -0.2) is 47.1 Å². The second-order valence-corrected chi connectivity index (χ2v) is 9.22. The topological polar surface area (TPSA) is 64.3 Å². The number of anilines is 1. The van der Waals surface area contributed by atoms with Crippen LogP contribution in [0.25, 0.3) is 0 Å². The first-order valence-electron chi connectivity index (χ1n) is 12.0. The summed E-state index contributed by atoms with van der Waals surface area (Å²) in [7, 11) is 1.44. The van der Waals surface area contributed by atoms with Gasteiger partial charge in [0.2, 0.25) is 0 Å². The molecule has 2 amide bonds. The quantitative estimate of drug-likeness (QED) is 0.382. The van der Waals surface area contributed by atoms with E-state index in [4.69, 9.17) is 0 Å². The molecule has 2 aromatic carbocycles. The third-order valence-electron chi connectivity index (χ3n) is 6.83. The highest BCUT2D eigenvalue weighted by molar-refractivity contribution is 5.92. The lowest BCUT2D eigenvalue weighted by Crippen LogP contribution is -2.51. The van der Waals surface area contributed by atoms with Gasteiger partial charge < -0.3 is 10.3 Å². The molecule has 12 heteroatoms. The highest BCUT2D eigenvalue weighted by Crippen LogP contribution is 2.38. The van der Waals surface area contributed by atoms with E-state index in [1.54, 1.807) is 12.3 Å². The first-order chi connectivity index (χ1) is 17.9. The fraction of sp³-hybridized carbons (Fsp3) is 0.385. The zero-order valence-corrected chi connectivity index (χ0v) is 20.7. The van der Waals surface area contributed by atoms with Gasteiger partial charge in [-0.25, -0.2) is 9.78 Å². The van der Waals surface area contributed by atoms with Gasteiger partial charge in [-0.3, -0.25) is 9.80 Å². The maximum absolute atomic E-state index is 13.6. The number of aromatic amines is 1. The number of rotatable bonds is 5. The van der Waals surface area contributed by atoms with E-state index in [-0.39, 0.29) is 11.6 Å². The Balaban J connectivity index is 1.59. The van der Waals surface area contributed by atoms with E-state index in [2.05, 4.69) is 15.3 Å². The maximum atomic E-state index is 13.6. The minimum Gasteiger partial charge on any atom is -0.347 e. The maximum Gasteiger partial charge on any atom is 0.416 e. The molecule has 1 unspecified atom stereocenters. The van der Waals surface area contributed by atoms with Crippen molar-refractivity contribution in [2.75, 3.05) is 25.0 Å². The number of hydrogen-bond acceptors (Lipinski definition) is 3. The fourth-order valence-corrected chi connectivity index (χ4v) is 4.95. The van der Waals surface area contributed by atoms with Crippen LogP contribution < -0.4 is 10.2 Å². The monoisotopic (exact) mass is 539 g/mol. The molecule has 1 atom stereocenters. The van der Waals surface area contributed by atoms with Crippen molar-refractivity contribution in [3.63, 3.8) is 0 Å². The average Bonchev–Trinajstić information content (AvgIpc) is 3.39. The normalized spacial score (nSPS) is 16.3. The molecule has 6 nitrogen and oxygen atoms in total. The third-order valence-corrected chi connectivity index (χ3v) is 6.83. The smallest absolute Gasteiger partial charge is 0.347 e. The van der Waals surface area contributed by atoms with E-state index in [0.717, 1.165) is 18.2 Å². The lowest BCUT2D eigenvalue weighted by atomic mass is 9.94. The molecule has 1 aliphatic rings. The lowest BCUT2D eigenvalue weighted by molar-refractivity contribution is -0.138. The van der Waals surface area contributed by atoms with Gasteiger partial charge in [-0.2, -0.15) is 26.3 Å². The number of carbonyl (C=O) groups excluding carboxylic acids is 1. The van der Waals surface area contributed by atoms with Crippen LogP contribution in [0.2, 0.25) is 0 Å². The Hall–Kier alpha value is -3.54. The van der Waals surface area contributed by atoms with E-state index in [0.29, 0.717) is 42.9 Å². The number of benzene rings is 2. The van der Waals surface area contributed by atoms with Crippen LogP contribution in [-0.2, 0) is 12.4 Å². The average molecular weight is 540 g/mol. The van der Waals surface area contributed by atoms with Crippen LogP contribution in [0.15, 0.2) is 55.0 Å². The number of alkyl halides is 6. The lowest BCUT2D eigenvalue weighted by Gasteiger charge is -2.41. The van der Waals surface area contributed by atoms with E-state index in [9.17, 15) is 31.1 Å². The first-order valence-corrected chi connectivity index (χ1v) is 12.0. The van der Waals surface area contributed by atoms with Gasteiger partial charge in [-0.05, 0) is 61.2 Å². The van der Waals surface area contributed by atoms with Crippen LogP contribution in [0, 0.1) is 6.92 Å². The summed E-state index contributed by atoms with van der Waals surface area (Å²) in [5.74, 6) is 0.